The van der Waals surface area contributed by atoms with Crippen LogP contribution in [0.2, 0.25) is 0 Å². The van der Waals surface area contributed by atoms with Crippen LogP contribution in [0.5, 0.6) is 5.75 Å². The second kappa shape index (κ2) is 13.2. The zero-order chi connectivity index (χ0) is 26.9. The molecule has 9 nitrogen and oxygen atoms in total. The standard InChI is InChI=1S/C26H34N2O7S/c1-6-28(7-2)36(32,33)22-11-9-10-20(16-22)25(30)27-24(18(4)5)26(31)35-17-23(29)19-12-14-21(15-13-19)34-8-3/h9-16,18,24H,6-8,17H2,1-5H3,(H,27,30)/t24-/m0/s1. The molecule has 36 heavy (non-hydrogen) atoms. The number of sulfonamides is 1. The molecule has 0 saturated heterocycles. The molecule has 2 aromatic carbocycles. The maximum atomic E-state index is 12.9. The minimum absolute atomic E-state index is 0.0107. The SMILES string of the molecule is CCOc1ccc(C(=O)COC(=O)[C@@H](NC(=O)c2cccc(S(=O)(=O)N(CC)CC)c2)C(C)C)cc1. The van der Waals surface area contributed by atoms with Crippen LogP contribution in [0.1, 0.15) is 55.3 Å². The lowest BCUT2D eigenvalue weighted by atomic mass is 10.0. The van der Waals surface area contributed by atoms with Crippen molar-refractivity contribution in [3.8, 4) is 5.75 Å². The van der Waals surface area contributed by atoms with Crippen molar-refractivity contribution in [2.24, 2.45) is 5.92 Å². The van der Waals surface area contributed by atoms with Gasteiger partial charge in [0.1, 0.15) is 11.8 Å². The van der Waals surface area contributed by atoms with Gasteiger partial charge < -0.3 is 14.8 Å². The Morgan fingerprint density at radius 3 is 2.14 bits per heavy atom. The summed E-state index contributed by atoms with van der Waals surface area (Å²) in [5.74, 6) is -1.49. The van der Waals surface area contributed by atoms with Crippen molar-refractivity contribution in [3.63, 3.8) is 0 Å². The first kappa shape index (κ1) is 29.0. The quantitative estimate of drug-likeness (QED) is 0.319. The molecule has 0 saturated carbocycles. The van der Waals surface area contributed by atoms with Crippen LogP contribution < -0.4 is 10.1 Å². The van der Waals surface area contributed by atoms with Crippen molar-refractivity contribution in [1.82, 2.24) is 9.62 Å². The monoisotopic (exact) mass is 518 g/mol. The maximum Gasteiger partial charge on any atom is 0.329 e. The van der Waals surface area contributed by atoms with E-state index in [2.05, 4.69) is 5.32 Å². The third kappa shape index (κ3) is 7.38. The summed E-state index contributed by atoms with van der Waals surface area (Å²) in [7, 11) is -3.75. The van der Waals surface area contributed by atoms with Gasteiger partial charge in [-0.1, -0.05) is 33.8 Å². The highest BCUT2D eigenvalue weighted by molar-refractivity contribution is 7.89. The Balaban J connectivity index is 2.09. The lowest BCUT2D eigenvalue weighted by Gasteiger charge is -2.21. The molecule has 0 heterocycles. The third-order valence-corrected chi connectivity index (χ3v) is 7.53. The third-order valence-electron chi connectivity index (χ3n) is 5.48. The molecule has 0 unspecified atom stereocenters. The van der Waals surface area contributed by atoms with E-state index in [1.807, 2.05) is 6.92 Å². The molecule has 1 N–H and O–H groups in total. The highest BCUT2D eigenvalue weighted by Crippen LogP contribution is 2.18. The molecule has 0 bridgehead atoms. The maximum absolute atomic E-state index is 12.9. The number of esters is 1. The normalized spacial score (nSPS) is 12.3. The van der Waals surface area contributed by atoms with Crippen LogP contribution in [0.3, 0.4) is 0 Å². The Bertz CT molecular complexity index is 1160. The molecule has 10 heteroatoms. The van der Waals surface area contributed by atoms with E-state index in [4.69, 9.17) is 9.47 Å². The van der Waals surface area contributed by atoms with Gasteiger partial charge in [-0.2, -0.15) is 4.31 Å². The minimum Gasteiger partial charge on any atom is -0.494 e. The smallest absolute Gasteiger partial charge is 0.329 e. The Kier molecular flexibility index (Phi) is 10.6. The van der Waals surface area contributed by atoms with Crippen molar-refractivity contribution in [2.75, 3.05) is 26.3 Å². The first-order valence-corrected chi connectivity index (χ1v) is 13.3. The second-order valence-corrected chi connectivity index (χ2v) is 10.2. The van der Waals surface area contributed by atoms with E-state index in [0.717, 1.165) is 0 Å². The fourth-order valence-electron chi connectivity index (χ4n) is 3.45. The average Bonchev–Trinajstić information content (AvgIpc) is 2.86. The van der Waals surface area contributed by atoms with E-state index in [1.54, 1.807) is 52.0 Å². The first-order valence-electron chi connectivity index (χ1n) is 11.9. The molecule has 0 spiro atoms. The minimum atomic E-state index is -3.75. The number of carbonyl (C=O) groups is 3. The summed E-state index contributed by atoms with van der Waals surface area (Å²) in [6.45, 7) is 9.38. The van der Waals surface area contributed by atoms with Crippen LogP contribution in [0, 0.1) is 5.92 Å². The predicted octanol–water partition coefficient (Wildman–Crippen LogP) is 3.30. The fourth-order valence-corrected chi connectivity index (χ4v) is 4.95. The van der Waals surface area contributed by atoms with Gasteiger partial charge in [-0.25, -0.2) is 13.2 Å². The summed E-state index contributed by atoms with van der Waals surface area (Å²) in [5.41, 5.74) is 0.453. The number of hydrogen-bond acceptors (Lipinski definition) is 7. The predicted molar refractivity (Wildman–Crippen MR) is 136 cm³/mol. The Labute approximate surface area is 212 Å². The van der Waals surface area contributed by atoms with Gasteiger partial charge in [-0.05, 0) is 55.3 Å². The van der Waals surface area contributed by atoms with Crippen molar-refractivity contribution < 1.29 is 32.3 Å². The summed E-state index contributed by atoms with van der Waals surface area (Å²) in [6, 6.07) is 11.1. The van der Waals surface area contributed by atoms with Gasteiger partial charge in [0.25, 0.3) is 5.91 Å². The van der Waals surface area contributed by atoms with E-state index in [1.165, 1.54) is 28.6 Å². The molecule has 2 aromatic rings. The molecule has 0 radical (unpaired) electrons. The summed E-state index contributed by atoms with van der Waals surface area (Å²) in [5, 5.41) is 2.60. The van der Waals surface area contributed by atoms with Crippen LogP contribution in [-0.4, -0.2) is 62.7 Å². The van der Waals surface area contributed by atoms with Gasteiger partial charge >= 0.3 is 5.97 Å². The van der Waals surface area contributed by atoms with E-state index in [-0.39, 0.29) is 16.4 Å². The first-order chi connectivity index (χ1) is 17.0. The highest BCUT2D eigenvalue weighted by atomic mass is 32.2. The molecule has 0 aliphatic heterocycles. The number of rotatable bonds is 13. The van der Waals surface area contributed by atoms with Gasteiger partial charge in [0, 0.05) is 24.2 Å². The van der Waals surface area contributed by atoms with Crippen LogP contribution in [-0.2, 0) is 19.6 Å². The summed E-state index contributed by atoms with van der Waals surface area (Å²) in [4.78, 5) is 38.0. The number of carbonyl (C=O) groups excluding carboxylic acids is 3. The molecule has 0 aliphatic rings. The molecule has 196 valence electrons. The van der Waals surface area contributed by atoms with Crippen molar-refractivity contribution >= 4 is 27.7 Å². The van der Waals surface area contributed by atoms with Crippen LogP contribution in [0.25, 0.3) is 0 Å². The van der Waals surface area contributed by atoms with Gasteiger partial charge in [0.05, 0.1) is 11.5 Å². The lowest BCUT2D eigenvalue weighted by Crippen LogP contribution is -2.45. The number of ether oxygens (including phenoxy) is 2. The molecule has 0 aromatic heterocycles. The van der Waals surface area contributed by atoms with Crippen LogP contribution in [0.4, 0.5) is 0 Å². The Morgan fingerprint density at radius 1 is 0.944 bits per heavy atom. The number of benzene rings is 2. The van der Waals surface area contributed by atoms with Crippen molar-refractivity contribution in [1.29, 1.82) is 0 Å². The highest BCUT2D eigenvalue weighted by Gasteiger charge is 2.28. The Hall–Kier alpha value is -3.24. The second-order valence-electron chi connectivity index (χ2n) is 8.30. The largest absolute Gasteiger partial charge is 0.494 e. The molecular weight excluding hydrogens is 484 g/mol. The molecule has 1 amide bonds. The molecule has 0 fully saturated rings. The van der Waals surface area contributed by atoms with Gasteiger partial charge in [0.2, 0.25) is 10.0 Å². The van der Waals surface area contributed by atoms with Crippen molar-refractivity contribution in [2.45, 2.75) is 45.6 Å². The van der Waals surface area contributed by atoms with E-state index >= 15 is 0 Å². The van der Waals surface area contributed by atoms with Gasteiger partial charge in [-0.15, -0.1) is 0 Å². The Morgan fingerprint density at radius 2 is 1.58 bits per heavy atom. The summed E-state index contributed by atoms with van der Waals surface area (Å²) >= 11 is 0. The van der Waals surface area contributed by atoms with Gasteiger partial charge in [0.15, 0.2) is 12.4 Å². The molecule has 0 aliphatic carbocycles. The lowest BCUT2D eigenvalue weighted by molar-refractivity contribution is -0.145. The van der Waals surface area contributed by atoms with Crippen molar-refractivity contribution in [3.05, 3.63) is 59.7 Å². The van der Waals surface area contributed by atoms with Crippen LogP contribution >= 0.6 is 0 Å². The molecule has 1 atom stereocenters. The van der Waals surface area contributed by atoms with E-state index < -0.39 is 40.3 Å². The number of ketones is 1. The number of Topliss-reactive ketones (excluding diaryl/α,β-unsaturated/α-hetero) is 1. The number of nitrogens with zero attached hydrogens (tertiary/aromatic N) is 1. The van der Waals surface area contributed by atoms with E-state index in [0.29, 0.717) is 31.0 Å². The zero-order valence-electron chi connectivity index (χ0n) is 21.3. The summed E-state index contributed by atoms with van der Waals surface area (Å²) < 4.78 is 37.4. The topological polar surface area (TPSA) is 119 Å². The molecule has 2 rings (SSSR count). The number of nitrogens with one attached hydrogen (secondary N) is 1. The fraction of sp³-hybridized carbons (Fsp3) is 0.423. The average molecular weight is 519 g/mol. The summed E-state index contributed by atoms with van der Waals surface area (Å²) in [6.07, 6.45) is 0. The number of amides is 1. The zero-order valence-corrected chi connectivity index (χ0v) is 22.1. The van der Waals surface area contributed by atoms with E-state index in [9.17, 15) is 22.8 Å². The van der Waals surface area contributed by atoms with Gasteiger partial charge in [-0.3, -0.25) is 9.59 Å². The number of hydrogen-bond donors (Lipinski definition) is 1. The molecular formula is C26H34N2O7S. The van der Waals surface area contributed by atoms with Crippen LogP contribution in [0.15, 0.2) is 53.4 Å².